The predicted octanol–water partition coefficient (Wildman–Crippen LogP) is 3.88. The van der Waals surface area contributed by atoms with Crippen LogP contribution in [-0.2, 0) is 11.8 Å². The molecular formula is C20H17FN6O2S2. The number of amides is 1. The van der Waals surface area contributed by atoms with E-state index in [1.54, 1.807) is 30.9 Å². The fourth-order valence-corrected chi connectivity index (χ4v) is 4.18. The van der Waals surface area contributed by atoms with E-state index in [0.29, 0.717) is 21.1 Å². The molecule has 0 atom stereocenters. The Balaban J connectivity index is 1.36. The number of nitrogens with one attached hydrogen (secondary N) is 1. The third-order valence-corrected chi connectivity index (χ3v) is 6.19. The summed E-state index contributed by atoms with van der Waals surface area (Å²) in [5, 5.41) is 20.8. The molecule has 0 aliphatic carbocycles. The molecule has 8 nitrogen and oxygen atoms in total. The Morgan fingerprint density at radius 1 is 1.06 bits per heavy atom. The summed E-state index contributed by atoms with van der Waals surface area (Å²) in [5.41, 5.74) is 1.63. The first kappa shape index (κ1) is 20.9. The number of aromatic nitrogens is 5. The average Bonchev–Trinajstić information content (AvgIpc) is 3.39. The van der Waals surface area contributed by atoms with Gasteiger partial charge in [-0.1, -0.05) is 23.1 Å². The molecule has 1 N–H and O–H groups in total. The molecule has 158 valence electrons. The lowest BCUT2D eigenvalue weighted by Crippen LogP contribution is -2.14. The van der Waals surface area contributed by atoms with Gasteiger partial charge in [0.05, 0.1) is 12.9 Å². The minimum absolute atomic E-state index is 0.132. The van der Waals surface area contributed by atoms with Crippen molar-refractivity contribution in [2.45, 2.75) is 5.16 Å². The summed E-state index contributed by atoms with van der Waals surface area (Å²) in [6.07, 6.45) is 0. The van der Waals surface area contributed by atoms with Crippen molar-refractivity contribution < 1.29 is 13.9 Å². The normalized spacial score (nSPS) is 10.8. The Kier molecular flexibility index (Phi) is 6.23. The van der Waals surface area contributed by atoms with E-state index in [2.05, 4.69) is 25.7 Å². The van der Waals surface area contributed by atoms with E-state index in [0.717, 1.165) is 16.9 Å². The maximum absolute atomic E-state index is 13.1. The molecule has 0 saturated heterocycles. The van der Waals surface area contributed by atoms with E-state index in [1.807, 2.05) is 24.3 Å². The van der Waals surface area contributed by atoms with Crippen molar-refractivity contribution in [1.29, 1.82) is 0 Å². The zero-order chi connectivity index (χ0) is 21.8. The first-order valence-electron chi connectivity index (χ1n) is 9.09. The van der Waals surface area contributed by atoms with Crippen LogP contribution in [0, 0.1) is 5.82 Å². The summed E-state index contributed by atoms with van der Waals surface area (Å²) in [6.45, 7) is 0. The molecular weight excluding hydrogens is 439 g/mol. The van der Waals surface area contributed by atoms with E-state index >= 15 is 0 Å². The molecule has 0 bridgehead atoms. The van der Waals surface area contributed by atoms with Gasteiger partial charge in [-0.25, -0.2) is 4.39 Å². The average molecular weight is 457 g/mol. The Hall–Kier alpha value is -3.31. The molecule has 0 unspecified atom stereocenters. The Morgan fingerprint density at radius 3 is 2.48 bits per heavy atom. The quantitative estimate of drug-likeness (QED) is 0.422. The molecule has 11 heteroatoms. The lowest BCUT2D eigenvalue weighted by atomic mass is 10.2. The summed E-state index contributed by atoms with van der Waals surface area (Å²) in [7, 11) is 3.40. The van der Waals surface area contributed by atoms with Gasteiger partial charge in [-0.2, -0.15) is 0 Å². The lowest BCUT2D eigenvalue weighted by Gasteiger charge is -2.04. The van der Waals surface area contributed by atoms with Crippen LogP contribution in [0.4, 0.5) is 9.52 Å². The summed E-state index contributed by atoms with van der Waals surface area (Å²) in [4.78, 5) is 12.3. The van der Waals surface area contributed by atoms with Gasteiger partial charge < -0.3 is 9.30 Å². The predicted molar refractivity (Wildman–Crippen MR) is 118 cm³/mol. The second-order valence-corrected chi connectivity index (χ2v) is 8.27. The van der Waals surface area contributed by atoms with Crippen LogP contribution < -0.4 is 10.1 Å². The maximum atomic E-state index is 13.1. The van der Waals surface area contributed by atoms with Crippen LogP contribution in [0.15, 0.2) is 53.7 Å². The van der Waals surface area contributed by atoms with Gasteiger partial charge in [0.15, 0.2) is 11.0 Å². The molecule has 2 aromatic heterocycles. The van der Waals surface area contributed by atoms with Crippen molar-refractivity contribution in [3.8, 4) is 27.7 Å². The largest absolute Gasteiger partial charge is 0.497 e. The molecule has 4 rings (SSSR count). The van der Waals surface area contributed by atoms with Crippen molar-refractivity contribution in [2.75, 3.05) is 18.2 Å². The molecule has 4 aromatic rings. The fourth-order valence-electron chi connectivity index (χ4n) is 2.70. The molecule has 0 saturated carbocycles. The number of ether oxygens (including phenoxy) is 1. The van der Waals surface area contributed by atoms with E-state index in [1.165, 1.54) is 35.2 Å². The first-order valence-corrected chi connectivity index (χ1v) is 10.9. The third kappa shape index (κ3) is 4.89. The van der Waals surface area contributed by atoms with Gasteiger partial charge in [0.25, 0.3) is 0 Å². The van der Waals surface area contributed by atoms with E-state index < -0.39 is 0 Å². The van der Waals surface area contributed by atoms with E-state index in [9.17, 15) is 9.18 Å². The standard InChI is InChI=1S/C20H17FN6O2S2/c1-27-17(12-3-7-14(21)8-4-12)23-26-20(27)30-11-16(28)22-19-25-24-18(31-19)13-5-9-15(29-2)10-6-13/h3-10H,11H2,1-2H3,(H,22,25,28). The summed E-state index contributed by atoms with van der Waals surface area (Å²) >= 11 is 2.53. The molecule has 0 aliphatic heterocycles. The number of carbonyl (C=O) groups is 1. The second kappa shape index (κ2) is 9.23. The number of anilines is 1. The van der Waals surface area contributed by atoms with Crippen LogP contribution in [0.5, 0.6) is 5.75 Å². The molecule has 2 heterocycles. The number of hydrogen-bond acceptors (Lipinski definition) is 8. The molecule has 0 radical (unpaired) electrons. The van der Waals surface area contributed by atoms with Gasteiger partial charge in [0, 0.05) is 18.2 Å². The number of rotatable bonds is 7. The van der Waals surface area contributed by atoms with Crippen LogP contribution in [0.25, 0.3) is 22.0 Å². The molecule has 2 aromatic carbocycles. The van der Waals surface area contributed by atoms with Crippen molar-refractivity contribution in [2.24, 2.45) is 7.05 Å². The topological polar surface area (TPSA) is 94.8 Å². The fraction of sp³-hybridized carbons (Fsp3) is 0.150. The van der Waals surface area contributed by atoms with Gasteiger partial charge in [-0.15, -0.1) is 20.4 Å². The summed E-state index contributed by atoms with van der Waals surface area (Å²) < 4.78 is 20.0. The highest BCUT2D eigenvalue weighted by molar-refractivity contribution is 7.99. The number of nitrogens with zero attached hydrogens (tertiary/aromatic N) is 5. The van der Waals surface area contributed by atoms with Crippen LogP contribution in [-0.4, -0.2) is 43.7 Å². The number of thioether (sulfide) groups is 1. The van der Waals surface area contributed by atoms with Crippen LogP contribution in [0.1, 0.15) is 0 Å². The monoisotopic (exact) mass is 456 g/mol. The minimum Gasteiger partial charge on any atom is -0.497 e. The SMILES string of the molecule is COc1ccc(-c2nnc(NC(=O)CSc3nnc(-c4ccc(F)cc4)n3C)s2)cc1. The van der Waals surface area contributed by atoms with Crippen LogP contribution in [0.3, 0.4) is 0 Å². The molecule has 31 heavy (non-hydrogen) atoms. The summed E-state index contributed by atoms with van der Waals surface area (Å²) in [6, 6.07) is 13.5. The number of halogens is 1. The lowest BCUT2D eigenvalue weighted by molar-refractivity contribution is -0.113. The van der Waals surface area contributed by atoms with Crippen molar-refractivity contribution in [3.05, 3.63) is 54.3 Å². The van der Waals surface area contributed by atoms with Crippen LogP contribution in [0.2, 0.25) is 0 Å². The number of methoxy groups -OCH3 is 1. The van der Waals surface area contributed by atoms with E-state index in [4.69, 9.17) is 4.74 Å². The first-order chi connectivity index (χ1) is 15.0. The number of carbonyl (C=O) groups excluding carboxylic acids is 1. The highest BCUT2D eigenvalue weighted by Crippen LogP contribution is 2.28. The zero-order valence-electron chi connectivity index (χ0n) is 16.6. The molecule has 1 amide bonds. The van der Waals surface area contributed by atoms with E-state index in [-0.39, 0.29) is 17.5 Å². The Morgan fingerprint density at radius 2 is 1.77 bits per heavy atom. The Labute approximate surface area is 185 Å². The second-order valence-electron chi connectivity index (χ2n) is 6.35. The molecule has 0 spiro atoms. The number of benzene rings is 2. The molecule has 0 aliphatic rings. The van der Waals surface area contributed by atoms with Gasteiger partial charge in [-0.3, -0.25) is 10.1 Å². The Bertz CT molecular complexity index is 1190. The van der Waals surface area contributed by atoms with Crippen LogP contribution >= 0.6 is 23.1 Å². The van der Waals surface area contributed by atoms with Crippen molar-refractivity contribution in [3.63, 3.8) is 0 Å². The third-order valence-electron chi connectivity index (χ3n) is 4.28. The highest BCUT2D eigenvalue weighted by Gasteiger charge is 2.15. The smallest absolute Gasteiger partial charge is 0.236 e. The van der Waals surface area contributed by atoms with Gasteiger partial charge in [0.1, 0.15) is 16.6 Å². The zero-order valence-corrected chi connectivity index (χ0v) is 18.2. The molecule has 0 fully saturated rings. The number of hydrogen-bond donors (Lipinski definition) is 1. The minimum atomic E-state index is -0.316. The summed E-state index contributed by atoms with van der Waals surface area (Å²) in [5.74, 6) is 0.937. The van der Waals surface area contributed by atoms with Gasteiger partial charge >= 0.3 is 0 Å². The van der Waals surface area contributed by atoms with Crippen molar-refractivity contribution >= 4 is 34.1 Å². The van der Waals surface area contributed by atoms with Gasteiger partial charge in [0.2, 0.25) is 11.0 Å². The highest BCUT2D eigenvalue weighted by atomic mass is 32.2. The van der Waals surface area contributed by atoms with Gasteiger partial charge in [-0.05, 0) is 48.5 Å². The van der Waals surface area contributed by atoms with Crippen molar-refractivity contribution in [1.82, 2.24) is 25.0 Å². The maximum Gasteiger partial charge on any atom is 0.236 e.